The lowest BCUT2D eigenvalue weighted by Gasteiger charge is -2.21. The minimum Gasteiger partial charge on any atom is -0.384 e. The molecule has 136 valence electrons. The molecule has 0 saturated heterocycles. The van der Waals surface area contributed by atoms with E-state index < -0.39 is 0 Å². The van der Waals surface area contributed by atoms with Crippen molar-refractivity contribution < 1.29 is 0 Å². The molecule has 0 spiro atoms. The molecule has 2 unspecified atom stereocenters. The third-order valence-corrected chi connectivity index (χ3v) is 5.20. The van der Waals surface area contributed by atoms with Crippen molar-refractivity contribution in [2.45, 2.75) is 83.6 Å². The van der Waals surface area contributed by atoms with Crippen molar-refractivity contribution in [3.63, 3.8) is 0 Å². The number of nitrogens with zero attached hydrogens (tertiary/aromatic N) is 4. The number of anilines is 1. The second-order valence-corrected chi connectivity index (χ2v) is 9.40. The van der Waals surface area contributed by atoms with Crippen LogP contribution in [0.25, 0.3) is 0 Å². The Balaban J connectivity index is 1.79. The van der Waals surface area contributed by atoms with Crippen LogP contribution >= 0.6 is 0 Å². The largest absolute Gasteiger partial charge is 0.384 e. The van der Waals surface area contributed by atoms with Crippen LogP contribution in [0.3, 0.4) is 0 Å². The zero-order valence-corrected chi connectivity index (χ0v) is 16.4. The number of aromatic nitrogens is 4. The van der Waals surface area contributed by atoms with Crippen molar-refractivity contribution in [2.75, 3.05) is 5.73 Å². The molecule has 0 amide bonds. The summed E-state index contributed by atoms with van der Waals surface area (Å²) < 4.78 is 1.94. The zero-order chi connectivity index (χ0) is 18.4. The second-order valence-electron chi connectivity index (χ2n) is 9.40. The monoisotopic (exact) mass is 341 g/mol. The fourth-order valence-electron chi connectivity index (χ4n) is 3.66. The second kappa shape index (κ2) is 6.11. The summed E-state index contributed by atoms with van der Waals surface area (Å²) in [5.41, 5.74) is 9.69. The lowest BCUT2D eigenvalue weighted by atomic mass is 9.87. The number of hydrogen-bond donors (Lipinski definition) is 1. The summed E-state index contributed by atoms with van der Waals surface area (Å²) in [5, 5.41) is 13.5. The molecule has 1 fully saturated rings. The molecule has 2 aromatic rings. The first-order valence-electron chi connectivity index (χ1n) is 9.25. The van der Waals surface area contributed by atoms with Crippen molar-refractivity contribution in [1.29, 1.82) is 0 Å². The summed E-state index contributed by atoms with van der Waals surface area (Å²) in [7, 11) is 0. The van der Waals surface area contributed by atoms with E-state index in [1.165, 1.54) is 5.56 Å². The molecule has 25 heavy (non-hydrogen) atoms. The van der Waals surface area contributed by atoms with E-state index in [1.807, 2.05) is 10.9 Å². The van der Waals surface area contributed by atoms with Gasteiger partial charge in [0.05, 0.1) is 23.1 Å². The van der Waals surface area contributed by atoms with Crippen LogP contribution in [0.5, 0.6) is 0 Å². The number of hydrogen-bond acceptors (Lipinski definition) is 4. The molecule has 5 heteroatoms. The van der Waals surface area contributed by atoms with Crippen LogP contribution in [0.15, 0.2) is 18.3 Å². The summed E-state index contributed by atoms with van der Waals surface area (Å²) >= 11 is 0. The highest BCUT2D eigenvalue weighted by Gasteiger charge is 2.31. The average Bonchev–Trinajstić information content (AvgIpc) is 3.12. The Morgan fingerprint density at radius 2 is 1.64 bits per heavy atom. The summed E-state index contributed by atoms with van der Waals surface area (Å²) in [6, 6.07) is 4.29. The molecule has 1 aliphatic carbocycles. The van der Waals surface area contributed by atoms with Gasteiger partial charge in [0.15, 0.2) is 0 Å². The predicted molar refractivity (Wildman–Crippen MR) is 102 cm³/mol. The van der Waals surface area contributed by atoms with E-state index in [0.717, 1.165) is 36.5 Å². The molecular weight excluding hydrogens is 310 g/mol. The van der Waals surface area contributed by atoms with Gasteiger partial charge < -0.3 is 5.73 Å². The Morgan fingerprint density at radius 3 is 2.20 bits per heavy atom. The first-order chi connectivity index (χ1) is 11.6. The molecule has 2 heterocycles. The van der Waals surface area contributed by atoms with Gasteiger partial charge in [-0.3, -0.25) is 0 Å². The fourth-order valence-corrected chi connectivity index (χ4v) is 3.66. The lowest BCUT2D eigenvalue weighted by molar-refractivity contribution is 0.357. The van der Waals surface area contributed by atoms with Crippen LogP contribution in [0.4, 0.5) is 5.82 Å². The Labute approximate surface area is 151 Å². The van der Waals surface area contributed by atoms with E-state index in [0.29, 0.717) is 11.8 Å². The quantitative estimate of drug-likeness (QED) is 0.881. The molecule has 2 atom stereocenters. The third kappa shape index (κ3) is 3.70. The Hall–Kier alpha value is -1.91. The Morgan fingerprint density at radius 1 is 1.00 bits per heavy atom. The molecule has 0 bridgehead atoms. The molecule has 0 aliphatic heterocycles. The van der Waals surface area contributed by atoms with Crippen molar-refractivity contribution in [2.24, 2.45) is 0 Å². The van der Waals surface area contributed by atoms with Crippen molar-refractivity contribution in [3.8, 4) is 0 Å². The van der Waals surface area contributed by atoms with E-state index in [2.05, 4.69) is 63.9 Å². The van der Waals surface area contributed by atoms with E-state index in [-0.39, 0.29) is 11.0 Å². The van der Waals surface area contributed by atoms with E-state index in [1.54, 1.807) is 0 Å². The van der Waals surface area contributed by atoms with Crippen LogP contribution in [0.1, 0.15) is 89.6 Å². The SMILES string of the molecule is CC(C)(C)c1cnnc(C2CCC(c3cc(N)n(C(C)(C)C)n3)C2)c1. The molecule has 0 aromatic carbocycles. The predicted octanol–water partition coefficient (Wildman–Crippen LogP) is 4.36. The molecule has 5 nitrogen and oxygen atoms in total. The first-order valence-corrected chi connectivity index (χ1v) is 9.25. The van der Waals surface area contributed by atoms with Crippen LogP contribution in [-0.4, -0.2) is 20.0 Å². The highest BCUT2D eigenvalue weighted by Crippen LogP contribution is 2.43. The van der Waals surface area contributed by atoms with Gasteiger partial charge in [-0.1, -0.05) is 20.8 Å². The molecule has 1 saturated carbocycles. The van der Waals surface area contributed by atoms with E-state index in [9.17, 15) is 0 Å². The number of rotatable bonds is 2. The lowest BCUT2D eigenvalue weighted by Crippen LogP contribution is -2.24. The summed E-state index contributed by atoms with van der Waals surface area (Å²) in [6.07, 6.45) is 5.23. The van der Waals surface area contributed by atoms with Gasteiger partial charge in [0.1, 0.15) is 5.82 Å². The maximum atomic E-state index is 6.19. The van der Waals surface area contributed by atoms with Crippen LogP contribution in [0.2, 0.25) is 0 Å². The van der Waals surface area contributed by atoms with Gasteiger partial charge in [0.25, 0.3) is 0 Å². The normalized spacial score (nSPS) is 21.7. The maximum absolute atomic E-state index is 6.19. The van der Waals surface area contributed by atoms with Crippen molar-refractivity contribution in [3.05, 3.63) is 35.3 Å². The third-order valence-electron chi connectivity index (χ3n) is 5.20. The van der Waals surface area contributed by atoms with E-state index >= 15 is 0 Å². The zero-order valence-electron chi connectivity index (χ0n) is 16.4. The van der Waals surface area contributed by atoms with E-state index in [4.69, 9.17) is 10.8 Å². The summed E-state index contributed by atoms with van der Waals surface area (Å²) in [5.74, 6) is 1.66. The Kier molecular flexibility index (Phi) is 4.38. The minimum absolute atomic E-state index is 0.0904. The topological polar surface area (TPSA) is 69.6 Å². The van der Waals surface area contributed by atoms with Gasteiger partial charge >= 0.3 is 0 Å². The highest BCUT2D eigenvalue weighted by atomic mass is 15.3. The molecular formula is C20H31N5. The molecule has 3 rings (SSSR count). The molecule has 2 aromatic heterocycles. The number of nitrogens with two attached hydrogens (primary N) is 1. The Bertz CT molecular complexity index is 748. The van der Waals surface area contributed by atoms with Gasteiger partial charge in [0.2, 0.25) is 0 Å². The van der Waals surface area contributed by atoms with Crippen molar-refractivity contribution in [1.82, 2.24) is 20.0 Å². The first kappa shape index (κ1) is 17.9. The smallest absolute Gasteiger partial charge is 0.122 e. The summed E-state index contributed by atoms with van der Waals surface area (Å²) in [6.45, 7) is 13.0. The van der Waals surface area contributed by atoms with Crippen molar-refractivity contribution >= 4 is 5.82 Å². The molecule has 0 radical (unpaired) electrons. The molecule has 1 aliphatic rings. The maximum Gasteiger partial charge on any atom is 0.122 e. The van der Waals surface area contributed by atoms with Gasteiger partial charge in [-0.25, -0.2) is 4.68 Å². The molecule has 2 N–H and O–H groups in total. The van der Waals surface area contributed by atoms with Gasteiger partial charge in [-0.05, 0) is 57.1 Å². The van der Waals surface area contributed by atoms with Crippen LogP contribution in [0, 0.1) is 0 Å². The fraction of sp³-hybridized carbons (Fsp3) is 0.650. The van der Waals surface area contributed by atoms with Crippen LogP contribution < -0.4 is 5.73 Å². The van der Waals surface area contributed by atoms with Gasteiger partial charge in [-0.15, -0.1) is 0 Å². The minimum atomic E-state index is -0.0904. The van der Waals surface area contributed by atoms with Gasteiger partial charge in [-0.2, -0.15) is 15.3 Å². The average molecular weight is 342 g/mol. The summed E-state index contributed by atoms with van der Waals surface area (Å²) in [4.78, 5) is 0. The van der Waals surface area contributed by atoms with Crippen LogP contribution in [-0.2, 0) is 11.0 Å². The van der Waals surface area contributed by atoms with Gasteiger partial charge in [0, 0.05) is 17.9 Å². The number of nitrogen functional groups attached to an aromatic ring is 1. The highest BCUT2D eigenvalue weighted by molar-refractivity contribution is 5.34. The standard InChI is InChI=1S/C20H31N5/c1-19(2,3)15-10-16(23-22-12-15)13-7-8-14(9-13)17-11-18(21)25(24-17)20(4,5)6/h10-14H,7-9,21H2,1-6H3.